The van der Waals surface area contributed by atoms with Gasteiger partial charge in [-0.05, 0) is 25.2 Å². The number of hydrogen-bond acceptors (Lipinski definition) is 2. The lowest BCUT2D eigenvalue weighted by Crippen LogP contribution is -2.36. The van der Waals surface area contributed by atoms with Gasteiger partial charge in [0.1, 0.15) is 0 Å². The van der Waals surface area contributed by atoms with Crippen LogP contribution in [0.5, 0.6) is 0 Å². The molecule has 0 aromatic rings. The van der Waals surface area contributed by atoms with Crippen LogP contribution in [0.1, 0.15) is 143 Å². The molecule has 2 atom stereocenters. The van der Waals surface area contributed by atoms with E-state index in [2.05, 4.69) is 20.8 Å². The molecule has 0 aromatic carbocycles. The molecular formula is C25H49O2-. The molecule has 0 fully saturated rings. The van der Waals surface area contributed by atoms with Gasteiger partial charge in [-0.15, -0.1) is 0 Å². The molecule has 0 heterocycles. The Morgan fingerprint density at radius 3 is 1.26 bits per heavy atom. The first kappa shape index (κ1) is 26.5. The zero-order valence-corrected chi connectivity index (χ0v) is 18.9. The summed E-state index contributed by atoms with van der Waals surface area (Å²) in [5.41, 5.74) is 0. The molecule has 2 nitrogen and oxygen atoms in total. The van der Waals surface area contributed by atoms with Gasteiger partial charge in [0.15, 0.2) is 0 Å². The van der Waals surface area contributed by atoms with Crippen LogP contribution in [0.3, 0.4) is 0 Å². The maximum Gasteiger partial charge on any atom is 0.0448 e. The minimum absolute atomic E-state index is 0.223. The molecule has 2 heteroatoms. The van der Waals surface area contributed by atoms with Gasteiger partial charge in [0, 0.05) is 11.9 Å². The molecule has 0 radical (unpaired) electrons. The van der Waals surface area contributed by atoms with E-state index in [1.165, 1.54) is 96.3 Å². The molecule has 0 spiro atoms. The second-order valence-corrected chi connectivity index (χ2v) is 8.65. The SMILES string of the molecule is CCCCCCCCCCCC(CCCCCCCC)C(CCC)C(=O)[O-]. The molecule has 0 N–H and O–H groups in total. The summed E-state index contributed by atoms with van der Waals surface area (Å²) in [5, 5.41) is 11.7. The van der Waals surface area contributed by atoms with Crippen LogP contribution >= 0.6 is 0 Å². The van der Waals surface area contributed by atoms with Gasteiger partial charge >= 0.3 is 0 Å². The van der Waals surface area contributed by atoms with Crippen LogP contribution in [-0.2, 0) is 4.79 Å². The summed E-state index contributed by atoms with van der Waals surface area (Å²) in [6.07, 6.45) is 23.6. The fourth-order valence-electron chi connectivity index (χ4n) is 4.31. The van der Waals surface area contributed by atoms with E-state index in [-0.39, 0.29) is 5.92 Å². The summed E-state index contributed by atoms with van der Waals surface area (Å²) in [6, 6.07) is 0. The lowest BCUT2D eigenvalue weighted by molar-refractivity contribution is -0.313. The third-order valence-electron chi connectivity index (χ3n) is 6.08. The van der Waals surface area contributed by atoms with E-state index in [4.69, 9.17) is 0 Å². The maximum absolute atomic E-state index is 11.7. The first-order chi connectivity index (χ1) is 13.2. The fourth-order valence-corrected chi connectivity index (χ4v) is 4.31. The molecule has 0 aliphatic rings. The fraction of sp³-hybridized carbons (Fsp3) is 0.960. The standard InChI is InChI=1S/C25H50O2/c1-4-7-9-11-13-14-15-17-19-22-23(24(20-6-3)25(26)27)21-18-16-12-10-8-5-2/h23-24H,4-22H2,1-3H3,(H,26,27)/p-1. The Bertz CT molecular complexity index is 313. The first-order valence-electron chi connectivity index (χ1n) is 12.4. The molecule has 0 bridgehead atoms. The van der Waals surface area contributed by atoms with Crippen molar-refractivity contribution in [3.63, 3.8) is 0 Å². The Morgan fingerprint density at radius 1 is 0.556 bits per heavy atom. The number of carbonyl (C=O) groups excluding carboxylic acids is 1. The van der Waals surface area contributed by atoms with Crippen molar-refractivity contribution >= 4 is 5.97 Å². The average Bonchev–Trinajstić information content (AvgIpc) is 2.66. The van der Waals surface area contributed by atoms with Gasteiger partial charge in [0.2, 0.25) is 0 Å². The van der Waals surface area contributed by atoms with Gasteiger partial charge in [-0.25, -0.2) is 0 Å². The molecule has 0 amide bonds. The highest BCUT2D eigenvalue weighted by molar-refractivity contribution is 5.67. The highest BCUT2D eigenvalue weighted by atomic mass is 16.4. The Balaban J connectivity index is 4.08. The predicted octanol–water partition coefficient (Wildman–Crippen LogP) is 7.44. The zero-order valence-electron chi connectivity index (χ0n) is 18.9. The summed E-state index contributed by atoms with van der Waals surface area (Å²) in [4.78, 5) is 11.7. The van der Waals surface area contributed by atoms with E-state index in [0.717, 1.165) is 25.7 Å². The molecule has 0 aromatic heterocycles. The Hall–Kier alpha value is -0.530. The van der Waals surface area contributed by atoms with Gasteiger partial charge in [-0.2, -0.15) is 0 Å². The summed E-state index contributed by atoms with van der Waals surface area (Å²) in [7, 11) is 0. The van der Waals surface area contributed by atoms with Gasteiger partial charge < -0.3 is 9.90 Å². The topological polar surface area (TPSA) is 40.1 Å². The lowest BCUT2D eigenvalue weighted by atomic mass is 9.81. The lowest BCUT2D eigenvalue weighted by Gasteiger charge is -2.28. The van der Waals surface area contributed by atoms with Crippen molar-refractivity contribution in [3.8, 4) is 0 Å². The number of hydrogen-bond donors (Lipinski definition) is 0. The zero-order chi connectivity index (χ0) is 20.2. The Labute approximate surface area is 170 Å². The van der Waals surface area contributed by atoms with E-state index in [9.17, 15) is 9.90 Å². The number of unbranched alkanes of at least 4 members (excludes halogenated alkanes) is 13. The van der Waals surface area contributed by atoms with Crippen molar-refractivity contribution in [2.45, 2.75) is 143 Å². The van der Waals surface area contributed by atoms with Crippen molar-refractivity contribution in [3.05, 3.63) is 0 Å². The van der Waals surface area contributed by atoms with Crippen LogP contribution in [0.2, 0.25) is 0 Å². The van der Waals surface area contributed by atoms with Crippen molar-refractivity contribution in [1.29, 1.82) is 0 Å². The van der Waals surface area contributed by atoms with Crippen LogP contribution in [-0.4, -0.2) is 5.97 Å². The molecule has 0 aliphatic heterocycles. The van der Waals surface area contributed by atoms with E-state index in [1.807, 2.05) is 0 Å². The number of aliphatic carboxylic acids is 1. The van der Waals surface area contributed by atoms with E-state index >= 15 is 0 Å². The Kier molecular flexibility index (Phi) is 19.8. The third kappa shape index (κ3) is 16.2. The summed E-state index contributed by atoms with van der Waals surface area (Å²) >= 11 is 0. The van der Waals surface area contributed by atoms with Crippen molar-refractivity contribution < 1.29 is 9.90 Å². The van der Waals surface area contributed by atoms with Crippen molar-refractivity contribution in [2.75, 3.05) is 0 Å². The van der Waals surface area contributed by atoms with Gasteiger partial charge in [0.25, 0.3) is 0 Å². The van der Waals surface area contributed by atoms with Crippen LogP contribution in [0.4, 0.5) is 0 Å². The molecule has 2 unspecified atom stereocenters. The van der Waals surface area contributed by atoms with Crippen molar-refractivity contribution in [2.24, 2.45) is 11.8 Å². The van der Waals surface area contributed by atoms with E-state index in [0.29, 0.717) is 5.92 Å². The van der Waals surface area contributed by atoms with Crippen LogP contribution in [0.15, 0.2) is 0 Å². The number of carboxylic acids is 1. The predicted molar refractivity (Wildman–Crippen MR) is 117 cm³/mol. The molecular weight excluding hydrogens is 332 g/mol. The minimum atomic E-state index is -0.802. The van der Waals surface area contributed by atoms with Gasteiger partial charge in [-0.1, -0.05) is 124 Å². The smallest absolute Gasteiger partial charge is 0.0448 e. The second-order valence-electron chi connectivity index (χ2n) is 8.65. The number of carbonyl (C=O) groups is 1. The minimum Gasteiger partial charge on any atom is -0.550 e. The van der Waals surface area contributed by atoms with Crippen LogP contribution < -0.4 is 5.11 Å². The molecule has 0 saturated carbocycles. The first-order valence-corrected chi connectivity index (χ1v) is 12.4. The normalized spacial score (nSPS) is 13.6. The molecule has 0 aliphatic carbocycles. The van der Waals surface area contributed by atoms with E-state index in [1.54, 1.807) is 0 Å². The maximum atomic E-state index is 11.7. The highest BCUT2D eigenvalue weighted by Crippen LogP contribution is 2.29. The quantitative estimate of drug-likeness (QED) is 0.194. The molecule has 0 rings (SSSR count). The Morgan fingerprint density at radius 2 is 0.926 bits per heavy atom. The molecule has 162 valence electrons. The summed E-state index contributed by atoms with van der Waals surface area (Å²) in [6.45, 7) is 6.60. The second kappa shape index (κ2) is 20.2. The van der Waals surface area contributed by atoms with Crippen molar-refractivity contribution in [1.82, 2.24) is 0 Å². The summed E-state index contributed by atoms with van der Waals surface area (Å²) < 4.78 is 0. The summed E-state index contributed by atoms with van der Waals surface area (Å²) in [5.74, 6) is -0.686. The van der Waals surface area contributed by atoms with E-state index < -0.39 is 5.97 Å². The largest absolute Gasteiger partial charge is 0.550 e. The average molecular weight is 382 g/mol. The third-order valence-corrected chi connectivity index (χ3v) is 6.08. The van der Waals surface area contributed by atoms with Gasteiger partial charge in [-0.3, -0.25) is 0 Å². The molecule has 0 saturated heterocycles. The van der Waals surface area contributed by atoms with Crippen LogP contribution in [0.25, 0.3) is 0 Å². The highest BCUT2D eigenvalue weighted by Gasteiger charge is 2.21. The molecule has 27 heavy (non-hydrogen) atoms. The van der Waals surface area contributed by atoms with Gasteiger partial charge in [0.05, 0.1) is 0 Å². The monoisotopic (exact) mass is 381 g/mol. The number of carboxylic acid groups (broad SMARTS) is 1. The number of rotatable bonds is 21. The van der Waals surface area contributed by atoms with Crippen LogP contribution in [0, 0.1) is 11.8 Å².